The van der Waals surface area contributed by atoms with Gasteiger partial charge in [0.1, 0.15) is 0 Å². The fourth-order valence-electron chi connectivity index (χ4n) is 3.91. The monoisotopic (exact) mass is 692 g/mol. The molecule has 4 heteroatoms. The first-order valence-electron chi connectivity index (χ1n) is 14.6. The molecule has 0 heterocycles. The summed E-state index contributed by atoms with van der Waals surface area (Å²) in [4.78, 5) is 0. The van der Waals surface area contributed by atoms with Crippen molar-refractivity contribution in [1.29, 1.82) is 0 Å². The average molecular weight is 695 g/mol. The van der Waals surface area contributed by atoms with Crippen LogP contribution >= 0.6 is 17.0 Å². The molecule has 0 fully saturated rings. The van der Waals surface area contributed by atoms with Crippen molar-refractivity contribution in [3.63, 3.8) is 0 Å². The van der Waals surface area contributed by atoms with Crippen LogP contribution in [0.4, 0.5) is 0 Å². The second-order valence-corrected chi connectivity index (χ2v) is 17.8. The molecule has 222 valence electrons. The van der Waals surface area contributed by atoms with Gasteiger partial charge in [0.15, 0.2) is 0 Å². The molecule has 0 amide bonds. The van der Waals surface area contributed by atoms with Crippen LogP contribution < -0.4 is 0 Å². The Balaban J connectivity index is 0.000000354. The minimum absolute atomic E-state index is 0.0512. The standard InChI is InChI=1S/2C18H21.C2H6Si.2ClH.Zr/c2*1-13(2)16-11-15-8-6-7-14(17(15)12-16)9-10-18(3,4)5;1-3-2;;;/h2*6-8,11-13H,1-5H3;1-2H3;2*1H;/q2*-1;;;;+4/p-2. The van der Waals surface area contributed by atoms with Crippen LogP contribution in [0.1, 0.15) is 103 Å². The van der Waals surface area contributed by atoms with E-state index in [1.54, 1.807) is 0 Å². The van der Waals surface area contributed by atoms with E-state index < -0.39 is 20.8 Å². The molecule has 4 rings (SSSR count). The van der Waals surface area contributed by atoms with E-state index in [1.807, 2.05) is 0 Å². The normalized spacial score (nSPS) is 10.7. The van der Waals surface area contributed by atoms with Crippen LogP contribution in [-0.2, 0) is 20.8 Å². The summed E-state index contributed by atoms with van der Waals surface area (Å²) >= 11 is -0.826. The van der Waals surface area contributed by atoms with E-state index in [9.17, 15) is 0 Å². The third-order valence-electron chi connectivity index (χ3n) is 6.02. The van der Waals surface area contributed by atoms with Crippen molar-refractivity contribution in [1.82, 2.24) is 0 Å². The maximum absolute atomic E-state index is 4.93. The van der Waals surface area contributed by atoms with E-state index >= 15 is 0 Å². The molecule has 4 aromatic carbocycles. The molecule has 0 aromatic heterocycles. The summed E-state index contributed by atoms with van der Waals surface area (Å²) in [5.41, 5.74) is 5.19. The molecular formula is C38H48Cl2SiZr. The van der Waals surface area contributed by atoms with Crippen molar-refractivity contribution in [2.24, 2.45) is 10.8 Å². The fourth-order valence-corrected chi connectivity index (χ4v) is 3.91. The average Bonchev–Trinajstić information content (AvgIpc) is 3.52. The third kappa shape index (κ3) is 13.8. The van der Waals surface area contributed by atoms with E-state index in [1.165, 1.54) is 32.7 Å². The van der Waals surface area contributed by atoms with Crippen molar-refractivity contribution in [2.75, 3.05) is 0 Å². The summed E-state index contributed by atoms with van der Waals surface area (Å²) in [6.07, 6.45) is 0. The molecule has 0 saturated heterocycles. The first-order valence-corrected chi connectivity index (χ1v) is 22.9. The molecule has 0 N–H and O–H groups in total. The van der Waals surface area contributed by atoms with Crippen molar-refractivity contribution < 1.29 is 20.8 Å². The molecule has 0 aliphatic carbocycles. The maximum atomic E-state index is 4.93. The Morgan fingerprint density at radius 1 is 0.667 bits per heavy atom. The Kier molecular flexibility index (Phi) is 16.8. The Bertz CT molecular complexity index is 1380. The van der Waals surface area contributed by atoms with Gasteiger partial charge in [-0.15, -0.1) is 69.1 Å². The molecule has 0 saturated carbocycles. The van der Waals surface area contributed by atoms with Gasteiger partial charge in [-0.2, -0.15) is 12.1 Å². The number of hydrogen-bond donors (Lipinski definition) is 0. The molecule has 4 aromatic rings. The van der Waals surface area contributed by atoms with Gasteiger partial charge in [0.05, 0.1) is 0 Å². The van der Waals surface area contributed by atoms with E-state index in [0.717, 1.165) is 20.6 Å². The quantitative estimate of drug-likeness (QED) is 0.111. The zero-order valence-corrected chi connectivity index (χ0v) is 32.7. The predicted octanol–water partition coefficient (Wildman–Crippen LogP) is 12.3. The van der Waals surface area contributed by atoms with Crippen LogP contribution in [0.5, 0.6) is 0 Å². The molecule has 0 aliphatic heterocycles. The molecule has 0 atom stereocenters. The zero-order chi connectivity index (χ0) is 32.1. The molecule has 2 radical (unpaired) electrons. The Hall–Kier alpha value is -1.54. The van der Waals surface area contributed by atoms with Crippen LogP contribution in [0, 0.1) is 34.5 Å². The second-order valence-electron chi connectivity index (χ2n) is 13.1. The van der Waals surface area contributed by atoms with Gasteiger partial charge in [-0.3, -0.25) is 0 Å². The van der Waals surface area contributed by atoms with Crippen LogP contribution in [0.2, 0.25) is 13.1 Å². The van der Waals surface area contributed by atoms with Gasteiger partial charge in [-0.25, -0.2) is 0 Å². The van der Waals surface area contributed by atoms with Gasteiger partial charge in [0.2, 0.25) is 0 Å². The van der Waals surface area contributed by atoms with Gasteiger partial charge < -0.3 is 0 Å². The van der Waals surface area contributed by atoms with E-state index in [4.69, 9.17) is 17.0 Å². The van der Waals surface area contributed by atoms with Crippen molar-refractivity contribution in [3.8, 4) is 23.7 Å². The third-order valence-corrected chi connectivity index (χ3v) is 6.02. The van der Waals surface area contributed by atoms with Crippen molar-refractivity contribution in [3.05, 3.63) is 82.9 Å². The first kappa shape index (κ1) is 38.5. The second kappa shape index (κ2) is 18.3. The van der Waals surface area contributed by atoms with Crippen molar-refractivity contribution >= 4 is 48.1 Å². The van der Waals surface area contributed by atoms with E-state index in [2.05, 4.69) is 167 Å². The number of benzene rings is 2. The summed E-state index contributed by atoms with van der Waals surface area (Å²) in [5.74, 6) is 14.4. The van der Waals surface area contributed by atoms with Crippen LogP contribution in [-0.4, -0.2) is 9.52 Å². The first-order chi connectivity index (χ1) is 19.6. The van der Waals surface area contributed by atoms with Crippen LogP contribution in [0.25, 0.3) is 21.5 Å². The Labute approximate surface area is 278 Å². The van der Waals surface area contributed by atoms with Crippen LogP contribution in [0.3, 0.4) is 0 Å². The van der Waals surface area contributed by atoms with Gasteiger partial charge in [0.25, 0.3) is 0 Å². The molecule has 42 heavy (non-hydrogen) atoms. The molecule has 0 nitrogen and oxygen atoms in total. The number of fused-ring (bicyclic) bond motifs is 2. The molecular weight excluding hydrogens is 647 g/mol. The summed E-state index contributed by atoms with van der Waals surface area (Å²) in [7, 11) is 11.0. The summed E-state index contributed by atoms with van der Waals surface area (Å²) < 4.78 is 0. The summed E-state index contributed by atoms with van der Waals surface area (Å²) in [5, 5.41) is 5.19. The van der Waals surface area contributed by atoms with Crippen LogP contribution in [0.15, 0.2) is 60.7 Å². The van der Waals surface area contributed by atoms with E-state index in [-0.39, 0.29) is 10.8 Å². The molecule has 0 unspecified atom stereocenters. The molecule has 0 spiro atoms. The Morgan fingerprint density at radius 2 is 0.976 bits per heavy atom. The topological polar surface area (TPSA) is 0 Å². The number of halogens is 2. The SMILES string of the molecule is CC(C)c1cc2c(C#CC(C)(C)C)cccc2[cH-]1.CC(C)c1cc2c(C#CC(C)(C)C)cccc2[cH-]1.C[Si]C.[Cl][Zr+2][Cl]. The number of hydrogen-bond acceptors (Lipinski definition) is 0. The van der Waals surface area contributed by atoms with E-state index in [0.29, 0.717) is 11.8 Å². The zero-order valence-electron chi connectivity index (χ0n) is 27.7. The van der Waals surface area contributed by atoms with Gasteiger partial charge in [-0.05, 0) is 64.5 Å². The number of rotatable bonds is 2. The van der Waals surface area contributed by atoms with Gasteiger partial charge in [-0.1, -0.05) is 76.6 Å². The molecule has 0 bridgehead atoms. The van der Waals surface area contributed by atoms with Crippen molar-refractivity contribution in [2.45, 2.75) is 94.2 Å². The van der Waals surface area contributed by atoms with Gasteiger partial charge in [0, 0.05) is 20.3 Å². The summed E-state index contributed by atoms with van der Waals surface area (Å²) in [6, 6.07) is 21.9. The summed E-state index contributed by atoms with van der Waals surface area (Å²) in [6.45, 7) is 26.1. The molecule has 0 aliphatic rings. The predicted molar refractivity (Wildman–Crippen MR) is 189 cm³/mol. The Morgan fingerprint density at radius 3 is 1.24 bits per heavy atom. The fraction of sp³-hybridized carbons (Fsp3) is 0.421. The minimum atomic E-state index is -0.826. The van der Waals surface area contributed by atoms with Gasteiger partial charge >= 0.3 is 37.9 Å².